The largest absolute Gasteiger partial charge is 0.638 e. The van der Waals surface area contributed by atoms with E-state index in [1.807, 2.05) is 36.4 Å². The van der Waals surface area contributed by atoms with Crippen LogP contribution in [0.15, 0.2) is 60.7 Å². The van der Waals surface area contributed by atoms with Crippen molar-refractivity contribution >= 4 is 7.32 Å². The molecule has 2 aromatic carbocycles. The van der Waals surface area contributed by atoms with E-state index in [9.17, 15) is 5.02 Å². The summed E-state index contributed by atoms with van der Waals surface area (Å²) in [6, 6.07) is 20.4. The highest BCUT2D eigenvalue weighted by molar-refractivity contribution is 6.34. The monoisotopic (exact) mass is 479 g/mol. The van der Waals surface area contributed by atoms with Crippen LogP contribution in [-0.4, -0.2) is 36.9 Å². The molecule has 35 heavy (non-hydrogen) atoms. The Hall–Kier alpha value is -1.66. The van der Waals surface area contributed by atoms with E-state index in [4.69, 9.17) is 9.31 Å². The van der Waals surface area contributed by atoms with Crippen LogP contribution >= 0.6 is 0 Å². The van der Waals surface area contributed by atoms with Gasteiger partial charge in [-0.1, -0.05) is 125 Å². The minimum absolute atomic E-state index is 0.656. The molecule has 0 saturated carbocycles. The summed E-state index contributed by atoms with van der Waals surface area (Å²) in [5.41, 5.74) is 0.798. The maximum Gasteiger partial charge on any atom is 0.638 e. The normalized spacial score (nSPS) is 23.7. The summed E-state index contributed by atoms with van der Waals surface area (Å²) in [5, 5.41) is 10.8. The second kappa shape index (κ2) is 14.2. The van der Waals surface area contributed by atoms with Crippen LogP contribution in [0.3, 0.4) is 0 Å². The number of benzene rings is 2. The van der Waals surface area contributed by atoms with Gasteiger partial charge in [-0.3, -0.25) is 4.90 Å². The van der Waals surface area contributed by atoms with Crippen LogP contribution in [0.1, 0.15) is 96.1 Å². The van der Waals surface area contributed by atoms with Crippen LogP contribution < -0.4 is 0 Å². The quantitative estimate of drug-likeness (QED) is 0.247. The molecule has 2 aromatic rings. The second-order valence-corrected chi connectivity index (χ2v) is 10.6. The lowest BCUT2D eigenvalue weighted by molar-refractivity contribution is -0.0928. The van der Waals surface area contributed by atoms with Crippen molar-refractivity contribution in [2.45, 2.75) is 96.2 Å². The van der Waals surface area contributed by atoms with E-state index >= 15 is 0 Å². The van der Waals surface area contributed by atoms with E-state index in [1.54, 1.807) is 0 Å². The Morgan fingerprint density at radius 2 is 1.09 bits per heavy atom. The van der Waals surface area contributed by atoms with E-state index in [-0.39, 0.29) is 0 Å². The average molecular weight is 480 g/mol. The molecule has 0 aromatic heterocycles. The van der Waals surface area contributed by atoms with Gasteiger partial charge in [0.05, 0.1) is 11.2 Å². The molecular weight excluding hydrogens is 433 g/mol. The minimum atomic E-state index is -1.30. The van der Waals surface area contributed by atoms with Crippen molar-refractivity contribution < 1.29 is 14.3 Å². The molecular formula is C30H46BNO3. The fourth-order valence-corrected chi connectivity index (χ4v) is 5.33. The van der Waals surface area contributed by atoms with E-state index < -0.39 is 18.5 Å². The summed E-state index contributed by atoms with van der Waals surface area (Å²) < 4.78 is 12.4. The predicted octanol–water partition coefficient (Wildman–Crippen LogP) is 7.06. The molecule has 2 unspecified atom stereocenters. The van der Waals surface area contributed by atoms with Crippen LogP contribution in [0, 0.1) is 0 Å². The van der Waals surface area contributed by atoms with Crippen molar-refractivity contribution in [2.24, 2.45) is 0 Å². The zero-order chi connectivity index (χ0) is 25.0. The van der Waals surface area contributed by atoms with Gasteiger partial charge in [0.25, 0.3) is 0 Å². The van der Waals surface area contributed by atoms with Crippen LogP contribution in [0.2, 0.25) is 0 Å². The lowest BCUT2D eigenvalue weighted by atomic mass is 9.88. The summed E-state index contributed by atoms with van der Waals surface area (Å²) in [4.78, 5) is 2.47. The predicted molar refractivity (Wildman–Crippen MR) is 146 cm³/mol. The molecule has 2 atom stereocenters. The summed E-state index contributed by atoms with van der Waals surface area (Å²) >= 11 is 0. The third-order valence-corrected chi connectivity index (χ3v) is 7.37. The Labute approximate surface area is 214 Å². The molecule has 3 rings (SSSR count). The van der Waals surface area contributed by atoms with Crippen molar-refractivity contribution in [1.29, 1.82) is 0 Å². The fourth-order valence-electron chi connectivity index (χ4n) is 5.33. The van der Waals surface area contributed by atoms with Crippen molar-refractivity contribution in [1.82, 2.24) is 4.90 Å². The number of hydrogen-bond acceptors (Lipinski definition) is 4. The van der Waals surface area contributed by atoms with Gasteiger partial charge in [-0.15, -0.1) is 0 Å². The molecule has 192 valence electrons. The summed E-state index contributed by atoms with van der Waals surface area (Å²) in [6.45, 7) is 8.80. The second-order valence-electron chi connectivity index (χ2n) is 10.6. The van der Waals surface area contributed by atoms with Gasteiger partial charge in [-0.2, -0.15) is 0 Å². The molecule has 0 spiro atoms. The first-order valence-electron chi connectivity index (χ1n) is 13.8. The Morgan fingerprint density at radius 3 is 1.51 bits per heavy atom. The number of nitrogens with zero attached hydrogens (tertiary/aromatic N) is 1. The summed E-state index contributed by atoms with van der Waals surface area (Å²) in [5.74, 6) is 0. The number of rotatable bonds is 13. The highest BCUT2D eigenvalue weighted by atomic mass is 16.7. The topological polar surface area (TPSA) is 41.9 Å². The van der Waals surface area contributed by atoms with Gasteiger partial charge in [-0.25, -0.2) is 0 Å². The number of unbranched alkanes of at least 4 members (excludes halogenated alkanes) is 9. The maximum absolute atomic E-state index is 10.8. The van der Waals surface area contributed by atoms with E-state index in [0.717, 1.165) is 24.1 Å². The third-order valence-electron chi connectivity index (χ3n) is 7.37. The zero-order valence-electron chi connectivity index (χ0n) is 22.3. The lowest BCUT2D eigenvalue weighted by Gasteiger charge is -2.45. The van der Waals surface area contributed by atoms with E-state index in [0.29, 0.717) is 13.1 Å². The first-order valence-corrected chi connectivity index (χ1v) is 13.8. The molecule has 4 nitrogen and oxygen atoms in total. The lowest BCUT2D eigenvalue weighted by Crippen LogP contribution is -2.55. The Kier molecular flexibility index (Phi) is 11.3. The molecule has 1 heterocycles. The van der Waals surface area contributed by atoms with Crippen LogP contribution in [-0.2, 0) is 20.5 Å². The molecule has 1 saturated heterocycles. The zero-order valence-corrected chi connectivity index (χ0v) is 22.3. The Bertz CT molecular complexity index is 779. The Morgan fingerprint density at radius 1 is 0.686 bits per heavy atom. The van der Waals surface area contributed by atoms with Gasteiger partial charge < -0.3 is 14.3 Å². The highest BCUT2D eigenvalue weighted by Crippen LogP contribution is 2.35. The first kappa shape index (κ1) is 27.9. The highest BCUT2D eigenvalue weighted by Gasteiger charge is 2.44. The molecule has 0 bridgehead atoms. The molecule has 1 aliphatic rings. The fraction of sp³-hybridized carbons (Fsp3) is 0.600. The molecule has 0 amide bonds. The summed E-state index contributed by atoms with van der Waals surface area (Å²) in [7, 11) is -1.30. The molecule has 0 radical (unpaired) electrons. The Balaban J connectivity index is 1.62. The van der Waals surface area contributed by atoms with E-state index in [2.05, 4.69) is 49.9 Å². The minimum Gasteiger partial charge on any atom is -0.402 e. The van der Waals surface area contributed by atoms with Gasteiger partial charge in [0, 0.05) is 13.1 Å². The van der Waals surface area contributed by atoms with Crippen molar-refractivity contribution in [3.63, 3.8) is 0 Å². The van der Waals surface area contributed by atoms with Crippen LogP contribution in [0.5, 0.6) is 0 Å². The van der Waals surface area contributed by atoms with Crippen molar-refractivity contribution in [3.05, 3.63) is 71.8 Å². The third kappa shape index (κ3) is 8.75. The summed E-state index contributed by atoms with van der Waals surface area (Å²) in [6.07, 6.45) is 13.3. The van der Waals surface area contributed by atoms with Crippen LogP contribution in [0.25, 0.3) is 0 Å². The van der Waals surface area contributed by atoms with Crippen LogP contribution in [0.4, 0.5) is 0 Å². The standard InChI is InChI=1S/C30H46BNO3/c1-4-5-6-7-8-9-10-11-12-19-24-32-25-29(2,27-20-15-13-16-21-27)34-31(33)35-30(3,26-32)28-22-17-14-18-23-28/h13-18,20-23,33H,4-12,19,24-26H2,1-3H3. The number of hydrogen-bond donors (Lipinski definition) is 1. The SMILES string of the molecule is CCCCCCCCCCCCN1CC(C)(c2ccccc2)OB(O)OC(C)(c2ccccc2)C1. The van der Waals surface area contributed by atoms with Gasteiger partial charge in [0.15, 0.2) is 0 Å². The van der Waals surface area contributed by atoms with E-state index in [1.165, 1.54) is 57.8 Å². The molecule has 0 aliphatic carbocycles. The van der Waals surface area contributed by atoms with Crippen molar-refractivity contribution in [2.75, 3.05) is 19.6 Å². The molecule has 1 aliphatic heterocycles. The maximum atomic E-state index is 10.8. The van der Waals surface area contributed by atoms with Gasteiger partial charge in [0.2, 0.25) is 0 Å². The van der Waals surface area contributed by atoms with Crippen molar-refractivity contribution in [3.8, 4) is 0 Å². The average Bonchev–Trinajstić information content (AvgIpc) is 2.85. The van der Waals surface area contributed by atoms with Gasteiger partial charge in [-0.05, 0) is 37.9 Å². The molecule has 5 heteroatoms. The molecule has 1 N–H and O–H groups in total. The molecule has 1 fully saturated rings. The smallest absolute Gasteiger partial charge is 0.402 e. The first-order chi connectivity index (χ1) is 17.0. The van der Waals surface area contributed by atoms with Gasteiger partial charge >= 0.3 is 7.32 Å². The van der Waals surface area contributed by atoms with Gasteiger partial charge in [0.1, 0.15) is 0 Å².